The first-order valence-corrected chi connectivity index (χ1v) is 5.81. The smallest absolute Gasteiger partial charge is 0.353 e. The van der Waals surface area contributed by atoms with Gasteiger partial charge in [0.1, 0.15) is 0 Å². The van der Waals surface area contributed by atoms with E-state index in [4.69, 9.17) is 0 Å². The highest BCUT2D eigenvalue weighted by atomic mass is 19.4. The number of rotatable bonds is 7. The van der Waals surface area contributed by atoms with Crippen molar-refractivity contribution in [1.82, 2.24) is 10.6 Å². The molecular weight excluding hydrogens is 233 g/mol. The zero-order chi connectivity index (χ0) is 13.5. The largest absolute Gasteiger partial charge is 0.401 e. The first kappa shape index (κ1) is 16.2. The lowest BCUT2D eigenvalue weighted by Gasteiger charge is -2.17. The van der Waals surface area contributed by atoms with Crippen molar-refractivity contribution in [3.05, 3.63) is 0 Å². The first-order valence-electron chi connectivity index (χ1n) is 5.81. The number of nitrogens with one attached hydrogen (secondary N) is 2. The lowest BCUT2D eigenvalue weighted by atomic mass is 10.0. The van der Waals surface area contributed by atoms with Crippen LogP contribution in [0.4, 0.5) is 13.2 Å². The normalized spacial score (nSPS) is 15.4. The Morgan fingerprint density at radius 3 is 2.35 bits per heavy atom. The first-order chi connectivity index (χ1) is 7.74. The fourth-order valence-electron chi connectivity index (χ4n) is 1.47. The Kier molecular flexibility index (Phi) is 7.18. The van der Waals surface area contributed by atoms with Crippen molar-refractivity contribution in [2.24, 2.45) is 5.92 Å². The van der Waals surface area contributed by atoms with Crippen molar-refractivity contribution in [2.45, 2.75) is 45.8 Å². The van der Waals surface area contributed by atoms with E-state index in [1.54, 1.807) is 0 Å². The van der Waals surface area contributed by atoms with Crippen molar-refractivity contribution in [3.8, 4) is 0 Å². The highest BCUT2D eigenvalue weighted by molar-refractivity contribution is 5.78. The van der Waals surface area contributed by atoms with E-state index >= 15 is 0 Å². The molecule has 1 amide bonds. The van der Waals surface area contributed by atoms with Crippen LogP contribution in [-0.4, -0.2) is 31.2 Å². The van der Waals surface area contributed by atoms with Crippen molar-refractivity contribution in [2.75, 3.05) is 13.1 Å². The van der Waals surface area contributed by atoms with Gasteiger partial charge in [-0.2, -0.15) is 13.2 Å². The molecule has 0 saturated heterocycles. The maximum absolute atomic E-state index is 11.8. The van der Waals surface area contributed by atoms with Gasteiger partial charge in [0.05, 0.1) is 13.1 Å². The third-order valence-corrected chi connectivity index (χ3v) is 2.47. The van der Waals surface area contributed by atoms with E-state index < -0.39 is 18.6 Å². The predicted octanol–water partition coefficient (Wildman–Crippen LogP) is 2.08. The van der Waals surface area contributed by atoms with Gasteiger partial charge in [-0.25, -0.2) is 0 Å². The second-order valence-electron chi connectivity index (χ2n) is 4.44. The number of halogens is 3. The molecule has 2 unspecified atom stereocenters. The molecule has 0 spiro atoms. The van der Waals surface area contributed by atoms with E-state index in [0.29, 0.717) is 5.92 Å². The second kappa shape index (κ2) is 7.53. The molecule has 0 fully saturated rings. The molecule has 3 nitrogen and oxygen atoms in total. The molecule has 102 valence electrons. The number of alkyl halides is 3. The van der Waals surface area contributed by atoms with E-state index in [1.807, 2.05) is 6.92 Å². The number of amides is 1. The number of hydrogen-bond donors (Lipinski definition) is 2. The van der Waals surface area contributed by atoms with Crippen molar-refractivity contribution in [3.63, 3.8) is 0 Å². The van der Waals surface area contributed by atoms with Gasteiger partial charge in [-0.3, -0.25) is 4.79 Å². The Morgan fingerprint density at radius 2 is 1.88 bits per heavy atom. The van der Waals surface area contributed by atoms with Crippen LogP contribution < -0.4 is 10.6 Å². The molecule has 2 N–H and O–H groups in total. The minimum atomic E-state index is -4.28. The Morgan fingerprint density at radius 1 is 1.29 bits per heavy atom. The van der Waals surface area contributed by atoms with Gasteiger partial charge < -0.3 is 10.6 Å². The molecular formula is C11H21F3N2O. The summed E-state index contributed by atoms with van der Waals surface area (Å²) in [6, 6.07) is -0.00913. The van der Waals surface area contributed by atoms with Crippen LogP contribution in [0.2, 0.25) is 0 Å². The second-order valence-corrected chi connectivity index (χ2v) is 4.44. The summed E-state index contributed by atoms with van der Waals surface area (Å²) in [5, 5.41) is 4.72. The highest BCUT2D eigenvalue weighted by Gasteiger charge is 2.26. The molecule has 2 atom stereocenters. The zero-order valence-corrected chi connectivity index (χ0v) is 10.5. The maximum atomic E-state index is 11.8. The number of carbonyl (C=O) groups is 1. The van der Waals surface area contributed by atoms with Gasteiger partial charge in [0.25, 0.3) is 0 Å². The molecule has 6 heteroatoms. The van der Waals surface area contributed by atoms with Crippen molar-refractivity contribution in [1.29, 1.82) is 0 Å². The third kappa shape index (κ3) is 10.1. The minimum Gasteiger partial charge on any atom is -0.353 e. The summed E-state index contributed by atoms with van der Waals surface area (Å²) in [6.45, 7) is 4.55. The molecule has 17 heavy (non-hydrogen) atoms. The van der Waals surface area contributed by atoms with Crippen LogP contribution in [0, 0.1) is 5.92 Å². The summed E-state index contributed by atoms with van der Waals surface area (Å²) >= 11 is 0. The van der Waals surface area contributed by atoms with Crippen LogP contribution in [0.5, 0.6) is 0 Å². The standard InChI is InChI=1S/C11H21F3N2O/c1-4-8(2)5-9(3)16-10(17)6-15-7-11(12,13)14/h8-9,15H,4-7H2,1-3H3,(H,16,17). The zero-order valence-electron chi connectivity index (χ0n) is 10.5. The summed E-state index contributed by atoms with van der Waals surface area (Å²) < 4.78 is 35.4. The maximum Gasteiger partial charge on any atom is 0.401 e. The van der Waals surface area contributed by atoms with Crippen LogP contribution in [-0.2, 0) is 4.79 Å². The fraction of sp³-hybridized carbons (Fsp3) is 0.909. The molecule has 0 aliphatic rings. The lowest BCUT2D eigenvalue weighted by molar-refractivity contribution is -0.128. The van der Waals surface area contributed by atoms with Gasteiger partial charge in [-0.1, -0.05) is 20.3 Å². The molecule has 0 heterocycles. The predicted molar refractivity (Wildman–Crippen MR) is 60.6 cm³/mol. The van der Waals surface area contributed by atoms with Gasteiger partial charge in [-0.05, 0) is 19.3 Å². The SMILES string of the molecule is CCC(C)CC(C)NC(=O)CNCC(F)(F)F. The molecule has 0 aromatic heterocycles. The fourth-order valence-corrected chi connectivity index (χ4v) is 1.47. The minimum absolute atomic E-state index is 0.00913. The Labute approximate surface area is 100 Å². The molecule has 0 aliphatic heterocycles. The molecule has 0 radical (unpaired) electrons. The topological polar surface area (TPSA) is 41.1 Å². The molecule has 0 bridgehead atoms. The summed E-state index contributed by atoms with van der Waals surface area (Å²) in [5.74, 6) is 0.0958. The summed E-state index contributed by atoms with van der Waals surface area (Å²) in [6.07, 6.45) is -2.42. The molecule has 0 aromatic rings. The highest BCUT2D eigenvalue weighted by Crippen LogP contribution is 2.12. The summed E-state index contributed by atoms with van der Waals surface area (Å²) in [7, 11) is 0. The lowest BCUT2D eigenvalue weighted by Crippen LogP contribution is -2.42. The molecule has 0 rings (SSSR count). The van der Waals surface area contributed by atoms with E-state index in [9.17, 15) is 18.0 Å². The quantitative estimate of drug-likeness (QED) is 0.730. The number of hydrogen-bond acceptors (Lipinski definition) is 2. The summed E-state index contributed by atoms with van der Waals surface area (Å²) in [5.41, 5.74) is 0. The van der Waals surface area contributed by atoms with Crippen LogP contribution in [0.15, 0.2) is 0 Å². The van der Waals surface area contributed by atoms with Gasteiger partial charge in [0.2, 0.25) is 5.91 Å². The average molecular weight is 254 g/mol. The van der Waals surface area contributed by atoms with Crippen LogP contribution in [0.3, 0.4) is 0 Å². The Hall–Kier alpha value is -0.780. The molecule has 0 saturated carbocycles. The van der Waals surface area contributed by atoms with Gasteiger partial charge >= 0.3 is 6.18 Å². The Bertz CT molecular complexity index is 231. The van der Waals surface area contributed by atoms with Gasteiger partial charge in [0, 0.05) is 6.04 Å². The third-order valence-electron chi connectivity index (χ3n) is 2.47. The van der Waals surface area contributed by atoms with Gasteiger partial charge in [-0.15, -0.1) is 0 Å². The van der Waals surface area contributed by atoms with E-state index in [-0.39, 0.29) is 12.6 Å². The monoisotopic (exact) mass is 254 g/mol. The van der Waals surface area contributed by atoms with E-state index in [2.05, 4.69) is 24.5 Å². The van der Waals surface area contributed by atoms with Crippen LogP contribution in [0.1, 0.15) is 33.6 Å². The van der Waals surface area contributed by atoms with Crippen molar-refractivity contribution < 1.29 is 18.0 Å². The van der Waals surface area contributed by atoms with E-state index in [1.165, 1.54) is 0 Å². The van der Waals surface area contributed by atoms with Crippen molar-refractivity contribution >= 4 is 5.91 Å². The molecule has 0 aromatic carbocycles. The van der Waals surface area contributed by atoms with Crippen LogP contribution in [0.25, 0.3) is 0 Å². The van der Waals surface area contributed by atoms with Crippen LogP contribution >= 0.6 is 0 Å². The van der Waals surface area contributed by atoms with E-state index in [0.717, 1.165) is 12.8 Å². The summed E-state index contributed by atoms with van der Waals surface area (Å²) in [4.78, 5) is 11.3. The number of carbonyl (C=O) groups excluding carboxylic acids is 1. The molecule has 0 aliphatic carbocycles. The average Bonchev–Trinajstić information content (AvgIpc) is 2.14. The Balaban J connectivity index is 3.71. The van der Waals surface area contributed by atoms with Gasteiger partial charge in [0.15, 0.2) is 0 Å².